The van der Waals surface area contributed by atoms with Gasteiger partial charge < -0.3 is 15.4 Å². The fourth-order valence-corrected chi connectivity index (χ4v) is 4.04. The van der Waals surface area contributed by atoms with Crippen molar-refractivity contribution in [3.8, 4) is 0 Å². The van der Waals surface area contributed by atoms with E-state index in [2.05, 4.69) is 10.6 Å². The van der Waals surface area contributed by atoms with Crippen LogP contribution in [-0.2, 0) is 4.74 Å². The molecule has 0 saturated heterocycles. The van der Waals surface area contributed by atoms with Gasteiger partial charge in [0, 0.05) is 11.3 Å². The Kier molecular flexibility index (Phi) is 6.81. The molecule has 0 aliphatic rings. The molecule has 2 amide bonds. The summed E-state index contributed by atoms with van der Waals surface area (Å²) in [6.07, 6.45) is 0. The minimum atomic E-state index is -0.639. The third-order valence-corrected chi connectivity index (χ3v) is 5.65. The van der Waals surface area contributed by atoms with E-state index < -0.39 is 23.6 Å². The third kappa shape index (κ3) is 5.16. The quantitative estimate of drug-likeness (QED) is 0.517. The summed E-state index contributed by atoms with van der Waals surface area (Å²) >= 11 is 0.979. The number of carbonyl (C=O) groups excluding carboxylic acids is 3. The first-order valence-electron chi connectivity index (χ1n) is 9.55. The lowest BCUT2D eigenvalue weighted by molar-refractivity contribution is 0.0527. The van der Waals surface area contributed by atoms with E-state index >= 15 is 0 Å². The number of thiophene rings is 1. The van der Waals surface area contributed by atoms with Crippen LogP contribution in [0.3, 0.4) is 0 Å². The molecule has 2 N–H and O–H groups in total. The van der Waals surface area contributed by atoms with Crippen LogP contribution in [-0.4, -0.2) is 24.4 Å². The molecule has 6 nitrogen and oxygen atoms in total. The zero-order valence-electron chi connectivity index (χ0n) is 17.2. The molecule has 1 aromatic heterocycles. The first kappa shape index (κ1) is 22.2. The van der Waals surface area contributed by atoms with Crippen LogP contribution in [0.4, 0.5) is 15.1 Å². The van der Waals surface area contributed by atoms with E-state index in [4.69, 9.17) is 4.74 Å². The van der Waals surface area contributed by atoms with Gasteiger partial charge in [-0.1, -0.05) is 12.1 Å². The molecule has 0 saturated carbocycles. The van der Waals surface area contributed by atoms with Crippen LogP contribution < -0.4 is 10.6 Å². The van der Waals surface area contributed by atoms with Crippen LogP contribution in [0.15, 0.2) is 48.5 Å². The van der Waals surface area contributed by atoms with Crippen LogP contribution in [0.5, 0.6) is 0 Å². The largest absolute Gasteiger partial charge is 0.462 e. The van der Waals surface area contributed by atoms with Gasteiger partial charge in [0.1, 0.15) is 10.8 Å². The lowest BCUT2D eigenvalue weighted by Crippen LogP contribution is -2.15. The fraction of sp³-hybridized carbons (Fsp3) is 0.174. The van der Waals surface area contributed by atoms with Gasteiger partial charge in [-0.25, -0.2) is 9.18 Å². The van der Waals surface area contributed by atoms with Crippen LogP contribution in [0.25, 0.3) is 0 Å². The molecule has 31 heavy (non-hydrogen) atoms. The number of hydrogen-bond donors (Lipinski definition) is 2. The highest BCUT2D eigenvalue weighted by Gasteiger charge is 2.27. The Labute approximate surface area is 183 Å². The van der Waals surface area contributed by atoms with Crippen molar-refractivity contribution in [2.45, 2.75) is 20.8 Å². The van der Waals surface area contributed by atoms with Crippen molar-refractivity contribution in [2.75, 3.05) is 17.2 Å². The summed E-state index contributed by atoms with van der Waals surface area (Å²) in [7, 11) is 0. The lowest BCUT2D eigenvalue weighted by atomic mass is 10.1. The first-order chi connectivity index (χ1) is 14.8. The molecule has 0 fully saturated rings. The molecule has 1 heterocycles. The number of ether oxygens (including phenoxy) is 1. The lowest BCUT2D eigenvalue weighted by Gasteiger charge is -2.07. The van der Waals surface area contributed by atoms with E-state index in [0.29, 0.717) is 11.3 Å². The highest BCUT2D eigenvalue weighted by Crippen LogP contribution is 2.34. The molecule has 0 unspecified atom stereocenters. The van der Waals surface area contributed by atoms with Crippen LogP contribution in [0.1, 0.15) is 48.4 Å². The normalized spacial score (nSPS) is 10.5. The van der Waals surface area contributed by atoms with E-state index in [1.54, 1.807) is 19.9 Å². The van der Waals surface area contributed by atoms with Crippen LogP contribution in [0, 0.1) is 19.7 Å². The number of carbonyl (C=O) groups is 3. The van der Waals surface area contributed by atoms with Crippen molar-refractivity contribution >= 4 is 39.8 Å². The third-order valence-electron chi connectivity index (χ3n) is 4.44. The Hall–Kier alpha value is -3.52. The molecular weight excluding hydrogens is 419 g/mol. The minimum Gasteiger partial charge on any atom is -0.462 e. The summed E-state index contributed by atoms with van der Waals surface area (Å²) in [5.41, 5.74) is 2.35. The first-order valence-corrected chi connectivity index (χ1v) is 10.4. The number of amides is 2. The van der Waals surface area contributed by atoms with Crippen molar-refractivity contribution < 1.29 is 23.5 Å². The van der Waals surface area contributed by atoms with Crippen LogP contribution >= 0.6 is 11.3 Å². The Bertz CT molecular complexity index is 1140. The standard InChI is InChI=1S/C23H21FN2O4S/c1-4-30-23(29)18-14(3)19(21(28)25-17-7-5-6-13(2)12-17)31-22(18)26-20(27)15-8-10-16(24)11-9-15/h5-12H,4H2,1-3H3,(H,25,28)(H,26,27). The van der Waals surface area contributed by atoms with Gasteiger partial charge in [0.25, 0.3) is 11.8 Å². The van der Waals surface area contributed by atoms with Gasteiger partial charge in [-0.3, -0.25) is 9.59 Å². The maximum atomic E-state index is 13.1. The van der Waals surface area contributed by atoms with E-state index in [-0.39, 0.29) is 27.6 Å². The van der Waals surface area contributed by atoms with Crippen molar-refractivity contribution in [2.24, 2.45) is 0 Å². The number of aryl methyl sites for hydroxylation is 1. The Morgan fingerprint density at radius 2 is 1.71 bits per heavy atom. The number of benzene rings is 2. The highest BCUT2D eigenvalue weighted by atomic mass is 32.1. The number of esters is 1. The molecule has 160 valence electrons. The molecule has 3 rings (SSSR count). The number of nitrogens with one attached hydrogen (secondary N) is 2. The number of hydrogen-bond acceptors (Lipinski definition) is 5. The monoisotopic (exact) mass is 440 g/mol. The van der Waals surface area contributed by atoms with Crippen LogP contribution in [0.2, 0.25) is 0 Å². The zero-order chi connectivity index (χ0) is 22.5. The second-order valence-electron chi connectivity index (χ2n) is 6.77. The predicted molar refractivity (Wildman–Crippen MR) is 118 cm³/mol. The summed E-state index contributed by atoms with van der Waals surface area (Å²) in [6.45, 7) is 5.35. The number of halogens is 1. The summed E-state index contributed by atoms with van der Waals surface area (Å²) in [6, 6.07) is 12.3. The maximum Gasteiger partial charge on any atom is 0.341 e. The summed E-state index contributed by atoms with van der Waals surface area (Å²) < 4.78 is 18.3. The average molecular weight is 440 g/mol. The van der Waals surface area contributed by atoms with E-state index in [1.165, 1.54) is 24.3 Å². The van der Waals surface area contributed by atoms with Gasteiger partial charge in [0.05, 0.1) is 17.0 Å². The Balaban J connectivity index is 1.94. The molecule has 3 aromatic rings. The molecule has 0 bridgehead atoms. The fourth-order valence-electron chi connectivity index (χ4n) is 2.95. The van der Waals surface area contributed by atoms with Crippen molar-refractivity contribution in [1.82, 2.24) is 0 Å². The zero-order valence-corrected chi connectivity index (χ0v) is 18.1. The summed E-state index contributed by atoms with van der Waals surface area (Å²) in [5.74, 6) is -2.04. The Morgan fingerprint density at radius 1 is 1.00 bits per heavy atom. The van der Waals surface area contributed by atoms with Gasteiger partial charge in [-0.2, -0.15) is 0 Å². The maximum absolute atomic E-state index is 13.1. The Morgan fingerprint density at radius 3 is 2.35 bits per heavy atom. The molecule has 8 heteroatoms. The highest BCUT2D eigenvalue weighted by molar-refractivity contribution is 7.19. The molecule has 0 radical (unpaired) electrons. The summed E-state index contributed by atoms with van der Waals surface area (Å²) in [4.78, 5) is 38.3. The topological polar surface area (TPSA) is 84.5 Å². The molecule has 2 aromatic carbocycles. The van der Waals surface area contributed by atoms with Crippen molar-refractivity contribution in [3.05, 3.63) is 81.5 Å². The molecule has 0 aliphatic heterocycles. The van der Waals surface area contributed by atoms with Gasteiger partial charge in [0.2, 0.25) is 0 Å². The molecule has 0 aliphatic carbocycles. The number of anilines is 2. The molecule has 0 spiro atoms. The average Bonchev–Trinajstić information content (AvgIpc) is 3.04. The second-order valence-corrected chi connectivity index (χ2v) is 7.79. The van der Waals surface area contributed by atoms with Gasteiger partial charge >= 0.3 is 5.97 Å². The predicted octanol–water partition coefficient (Wildman–Crippen LogP) is 5.19. The van der Waals surface area contributed by atoms with Gasteiger partial charge in [-0.15, -0.1) is 11.3 Å². The second kappa shape index (κ2) is 9.53. The van der Waals surface area contributed by atoms with E-state index in [0.717, 1.165) is 16.9 Å². The van der Waals surface area contributed by atoms with Crippen molar-refractivity contribution in [1.29, 1.82) is 0 Å². The minimum absolute atomic E-state index is 0.122. The number of rotatable bonds is 6. The van der Waals surface area contributed by atoms with Gasteiger partial charge in [-0.05, 0) is 68.3 Å². The summed E-state index contributed by atoms with van der Waals surface area (Å²) in [5, 5.41) is 5.65. The van der Waals surface area contributed by atoms with E-state index in [9.17, 15) is 18.8 Å². The van der Waals surface area contributed by atoms with E-state index in [1.807, 2.05) is 25.1 Å². The SMILES string of the molecule is CCOC(=O)c1c(NC(=O)c2ccc(F)cc2)sc(C(=O)Nc2cccc(C)c2)c1C. The molecule has 0 atom stereocenters. The van der Waals surface area contributed by atoms with Gasteiger partial charge in [0.15, 0.2) is 0 Å². The van der Waals surface area contributed by atoms with Crippen molar-refractivity contribution in [3.63, 3.8) is 0 Å². The molecular formula is C23H21FN2O4S. The smallest absolute Gasteiger partial charge is 0.341 e.